The van der Waals surface area contributed by atoms with Gasteiger partial charge in [-0.05, 0) is 29.7 Å². The molecule has 0 saturated heterocycles. The minimum Gasteiger partial charge on any atom is -0.321 e. The van der Waals surface area contributed by atoms with E-state index >= 15 is 0 Å². The van der Waals surface area contributed by atoms with Gasteiger partial charge >= 0.3 is 0 Å². The van der Waals surface area contributed by atoms with E-state index in [0.717, 1.165) is 33.3 Å². The van der Waals surface area contributed by atoms with E-state index in [1.807, 2.05) is 54.6 Å². The molecule has 112 valence electrons. The Balaban J connectivity index is 2.10. The van der Waals surface area contributed by atoms with Crippen LogP contribution in [-0.2, 0) is 6.54 Å². The molecule has 4 nitrogen and oxygen atoms in total. The van der Waals surface area contributed by atoms with Crippen LogP contribution in [0.3, 0.4) is 0 Å². The van der Waals surface area contributed by atoms with Crippen LogP contribution in [-0.4, -0.2) is 14.5 Å². The van der Waals surface area contributed by atoms with Gasteiger partial charge in [-0.25, -0.2) is 4.98 Å². The summed E-state index contributed by atoms with van der Waals surface area (Å²) in [5.74, 6) is 0.832. The molecule has 0 aliphatic heterocycles. The number of nitrogens with zero attached hydrogens (tertiary/aromatic N) is 2. The fourth-order valence-corrected chi connectivity index (χ4v) is 2.96. The Morgan fingerprint density at radius 1 is 1.09 bits per heavy atom. The number of rotatable bonds is 3. The molecule has 0 fully saturated rings. The lowest BCUT2D eigenvalue weighted by atomic mass is 10.1. The first-order chi connectivity index (χ1) is 11.3. The number of fused-ring (bicyclic) bond motifs is 2. The Bertz CT molecular complexity index is 1090. The SMILES string of the molecule is C=CCn1c(-c2cccc3ccc(=O)[nH]c23)nc2ccccc21. The quantitative estimate of drug-likeness (QED) is 0.586. The molecule has 0 radical (unpaired) electrons. The van der Waals surface area contributed by atoms with E-state index in [1.54, 1.807) is 6.07 Å². The number of aromatic amines is 1. The molecule has 4 heteroatoms. The van der Waals surface area contributed by atoms with Crippen LogP contribution in [0.25, 0.3) is 33.3 Å². The first-order valence-electron chi connectivity index (χ1n) is 7.46. The predicted octanol–water partition coefficient (Wildman–Crippen LogP) is 3.73. The summed E-state index contributed by atoms with van der Waals surface area (Å²) in [6, 6.07) is 17.3. The Morgan fingerprint density at radius 2 is 1.96 bits per heavy atom. The molecule has 0 atom stereocenters. The number of hydrogen-bond donors (Lipinski definition) is 1. The Morgan fingerprint density at radius 3 is 2.83 bits per heavy atom. The molecule has 4 rings (SSSR count). The molecule has 0 amide bonds. The molecule has 0 spiro atoms. The summed E-state index contributed by atoms with van der Waals surface area (Å²) < 4.78 is 2.11. The summed E-state index contributed by atoms with van der Waals surface area (Å²) in [5, 5.41) is 0.985. The Kier molecular flexibility index (Phi) is 3.08. The van der Waals surface area contributed by atoms with E-state index in [1.165, 1.54) is 0 Å². The van der Waals surface area contributed by atoms with Crippen LogP contribution >= 0.6 is 0 Å². The summed E-state index contributed by atoms with van der Waals surface area (Å²) in [7, 11) is 0. The van der Waals surface area contributed by atoms with Gasteiger partial charge in [0.05, 0.1) is 16.6 Å². The number of allylic oxidation sites excluding steroid dienone is 1. The molecule has 0 aliphatic carbocycles. The van der Waals surface area contributed by atoms with E-state index in [0.29, 0.717) is 6.54 Å². The summed E-state index contributed by atoms with van der Waals surface area (Å²) in [6.45, 7) is 4.50. The van der Waals surface area contributed by atoms with Crippen molar-refractivity contribution in [2.24, 2.45) is 0 Å². The summed E-state index contributed by atoms with van der Waals surface area (Å²) in [5.41, 5.74) is 3.59. The van der Waals surface area contributed by atoms with Gasteiger partial charge in [0.1, 0.15) is 5.82 Å². The third-order valence-corrected chi connectivity index (χ3v) is 3.97. The average Bonchev–Trinajstić information content (AvgIpc) is 2.93. The van der Waals surface area contributed by atoms with Crippen molar-refractivity contribution in [1.29, 1.82) is 0 Å². The van der Waals surface area contributed by atoms with Gasteiger partial charge < -0.3 is 9.55 Å². The van der Waals surface area contributed by atoms with Crippen LogP contribution in [0, 0.1) is 0 Å². The van der Waals surface area contributed by atoms with Crippen molar-refractivity contribution in [1.82, 2.24) is 14.5 Å². The van der Waals surface area contributed by atoms with Crippen LogP contribution in [0.15, 0.2) is 72.0 Å². The molecule has 2 heterocycles. The normalized spacial score (nSPS) is 11.1. The number of benzene rings is 2. The van der Waals surface area contributed by atoms with Gasteiger partial charge in [-0.2, -0.15) is 0 Å². The first-order valence-corrected chi connectivity index (χ1v) is 7.46. The number of pyridine rings is 1. The zero-order valence-corrected chi connectivity index (χ0v) is 12.5. The van der Waals surface area contributed by atoms with Gasteiger partial charge in [0.25, 0.3) is 0 Å². The molecule has 4 aromatic rings. The van der Waals surface area contributed by atoms with Crippen LogP contribution in [0.2, 0.25) is 0 Å². The number of imidazole rings is 1. The highest BCUT2D eigenvalue weighted by Gasteiger charge is 2.14. The molecule has 0 aliphatic rings. The molecule has 23 heavy (non-hydrogen) atoms. The van der Waals surface area contributed by atoms with Gasteiger partial charge in [-0.1, -0.05) is 30.3 Å². The van der Waals surface area contributed by atoms with Gasteiger partial charge in [0.15, 0.2) is 0 Å². The molecule has 1 N–H and O–H groups in total. The number of para-hydroxylation sites is 3. The van der Waals surface area contributed by atoms with Crippen molar-refractivity contribution in [3.05, 3.63) is 77.6 Å². The van der Waals surface area contributed by atoms with E-state index in [2.05, 4.69) is 16.1 Å². The van der Waals surface area contributed by atoms with Crippen molar-refractivity contribution in [2.75, 3.05) is 0 Å². The largest absolute Gasteiger partial charge is 0.321 e. The molecule has 0 bridgehead atoms. The highest BCUT2D eigenvalue weighted by molar-refractivity contribution is 5.94. The summed E-state index contributed by atoms with van der Waals surface area (Å²) in [6.07, 6.45) is 1.85. The van der Waals surface area contributed by atoms with Crippen molar-refractivity contribution >= 4 is 21.9 Å². The lowest BCUT2D eigenvalue weighted by Gasteiger charge is -2.09. The third-order valence-electron chi connectivity index (χ3n) is 3.97. The third kappa shape index (κ3) is 2.16. The fraction of sp³-hybridized carbons (Fsp3) is 0.0526. The van der Waals surface area contributed by atoms with Gasteiger partial charge in [-0.3, -0.25) is 4.79 Å². The molecule has 0 unspecified atom stereocenters. The summed E-state index contributed by atoms with van der Waals surface area (Å²) in [4.78, 5) is 19.5. The number of nitrogens with one attached hydrogen (secondary N) is 1. The smallest absolute Gasteiger partial charge is 0.248 e. The highest BCUT2D eigenvalue weighted by Crippen LogP contribution is 2.29. The lowest BCUT2D eigenvalue weighted by molar-refractivity contribution is 0.862. The maximum absolute atomic E-state index is 11.8. The average molecular weight is 301 g/mol. The van der Waals surface area contributed by atoms with Crippen molar-refractivity contribution < 1.29 is 0 Å². The maximum atomic E-state index is 11.8. The molecule has 2 aromatic carbocycles. The maximum Gasteiger partial charge on any atom is 0.248 e. The van der Waals surface area contributed by atoms with Crippen molar-refractivity contribution in [3.8, 4) is 11.4 Å². The highest BCUT2D eigenvalue weighted by atomic mass is 16.1. The van der Waals surface area contributed by atoms with E-state index < -0.39 is 0 Å². The predicted molar refractivity (Wildman–Crippen MR) is 93.5 cm³/mol. The van der Waals surface area contributed by atoms with Gasteiger partial charge in [0, 0.05) is 18.2 Å². The first kappa shape index (κ1) is 13.5. The van der Waals surface area contributed by atoms with Crippen molar-refractivity contribution in [3.63, 3.8) is 0 Å². The van der Waals surface area contributed by atoms with Gasteiger partial charge in [0.2, 0.25) is 5.56 Å². The standard InChI is InChI=1S/C19H15N3O/c1-2-12-22-16-9-4-3-8-15(16)20-19(22)14-7-5-6-13-10-11-17(23)21-18(13)14/h2-11H,1,12H2,(H,21,23). The number of hydrogen-bond acceptors (Lipinski definition) is 2. The molecule has 0 saturated carbocycles. The Labute approximate surface area is 132 Å². The van der Waals surface area contributed by atoms with Crippen LogP contribution in [0.5, 0.6) is 0 Å². The molecular formula is C19H15N3O. The zero-order chi connectivity index (χ0) is 15.8. The van der Waals surface area contributed by atoms with E-state index in [4.69, 9.17) is 4.98 Å². The molecular weight excluding hydrogens is 286 g/mol. The van der Waals surface area contributed by atoms with Crippen LogP contribution in [0.4, 0.5) is 0 Å². The second kappa shape index (κ2) is 5.25. The fourth-order valence-electron chi connectivity index (χ4n) is 2.96. The molecule has 2 aromatic heterocycles. The second-order valence-electron chi connectivity index (χ2n) is 5.42. The monoisotopic (exact) mass is 301 g/mol. The van der Waals surface area contributed by atoms with Crippen molar-refractivity contribution in [2.45, 2.75) is 6.54 Å². The van der Waals surface area contributed by atoms with Gasteiger partial charge in [-0.15, -0.1) is 6.58 Å². The second-order valence-corrected chi connectivity index (χ2v) is 5.42. The zero-order valence-electron chi connectivity index (χ0n) is 12.5. The number of H-pyrrole nitrogens is 1. The summed E-state index contributed by atoms with van der Waals surface area (Å²) >= 11 is 0. The van der Waals surface area contributed by atoms with E-state index in [-0.39, 0.29) is 5.56 Å². The minimum atomic E-state index is -0.115. The lowest BCUT2D eigenvalue weighted by Crippen LogP contribution is -2.05. The minimum absolute atomic E-state index is 0.115. The van der Waals surface area contributed by atoms with Crippen LogP contribution < -0.4 is 5.56 Å². The number of aromatic nitrogens is 3. The van der Waals surface area contributed by atoms with Crippen LogP contribution in [0.1, 0.15) is 0 Å². The Hall–Kier alpha value is -3.14. The van der Waals surface area contributed by atoms with E-state index in [9.17, 15) is 4.79 Å². The topological polar surface area (TPSA) is 50.7 Å².